The van der Waals surface area contributed by atoms with E-state index in [9.17, 15) is 4.79 Å². The Morgan fingerprint density at radius 1 is 1.33 bits per heavy atom. The quantitative estimate of drug-likeness (QED) is 0.585. The minimum absolute atomic E-state index is 0.0646. The zero-order valence-corrected chi connectivity index (χ0v) is 18.0. The van der Waals surface area contributed by atoms with Crippen LogP contribution in [0.1, 0.15) is 30.4 Å². The number of carbonyl (C=O) groups excluding carboxylic acids is 1. The fourth-order valence-electron chi connectivity index (χ4n) is 2.96. The van der Waals surface area contributed by atoms with Crippen molar-refractivity contribution in [1.29, 1.82) is 0 Å². The maximum Gasteiger partial charge on any atom is 0.167 e. The molecule has 27 heavy (non-hydrogen) atoms. The van der Waals surface area contributed by atoms with E-state index in [1.165, 1.54) is 0 Å². The lowest BCUT2D eigenvalue weighted by molar-refractivity contribution is -0.115. The fraction of sp³-hybridized carbons (Fsp3) is 0.250. The second-order valence-corrected chi connectivity index (χ2v) is 7.99. The first kappa shape index (κ1) is 20.0. The van der Waals surface area contributed by atoms with Gasteiger partial charge in [-0.25, -0.2) is 0 Å². The van der Waals surface area contributed by atoms with Crippen LogP contribution in [-0.2, 0) is 11.3 Å². The molecule has 0 fully saturated rings. The molecule has 0 radical (unpaired) electrons. The van der Waals surface area contributed by atoms with E-state index in [0.29, 0.717) is 28.5 Å². The van der Waals surface area contributed by atoms with Crippen LogP contribution in [0.3, 0.4) is 0 Å². The van der Waals surface area contributed by atoms with Crippen molar-refractivity contribution < 1.29 is 4.79 Å². The van der Waals surface area contributed by atoms with E-state index in [4.69, 9.17) is 23.8 Å². The highest BCUT2D eigenvalue weighted by molar-refractivity contribution is 9.10. The molecule has 0 aliphatic heterocycles. The largest absolute Gasteiger partial charge is 0.384 e. The molecule has 0 amide bonds. The van der Waals surface area contributed by atoms with E-state index in [-0.39, 0.29) is 5.78 Å². The normalized spacial score (nSPS) is 14.3. The standard InChI is InChI=1S/C20H19BrClN3OS/c1-12-15(22)4-2-5-16(12)25-20(27)19-17(6-3-7-18(19)26)24-10-13-8-9-23-11-14(13)21/h2,4-5,8-9,11,24H,3,6-7,10H2,1H3,(H,25,27). The number of aromatic nitrogens is 1. The monoisotopic (exact) mass is 463 g/mol. The van der Waals surface area contributed by atoms with E-state index in [1.807, 2.05) is 31.2 Å². The summed E-state index contributed by atoms with van der Waals surface area (Å²) in [5.41, 5.74) is 4.24. The van der Waals surface area contributed by atoms with Crippen LogP contribution in [0.25, 0.3) is 0 Å². The molecular weight excluding hydrogens is 446 g/mol. The maximum atomic E-state index is 12.6. The van der Waals surface area contributed by atoms with Crippen molar-refractivity contribution in [3.63, 3.8) is 0 Å². The van der Waals surface area contributed by atoms with E-state index in [2.05, 4.69) is 31.5 Å². The van der Waals surface area contributed by atoms with E-state index in [1.54, 1.807) is 12.4 Å². The summed E-state index contributed by atoms with van der Waals surface area (Å²) in [6.07, 6.45) is 5.63. The lowest BCUT2D eigenvalue weighted by Crippen LogP contribution is -2.29. The van der Waals surface area contributed by atoms with Crippen LogP contribution in [0, 0.1) is 6.92 Å². The number of anilines is 1. The van der Waals surface area contributed by atoms with Crippen LogP contribution in [0.4, 0.5) is 5.69 Å². The molecule has 140 valence electrons. The third-order valence-electron chi connectivity index (χ3n) is 4.50. The Hall–Kier alpha value is -1.76. The van der Waals surface area contributed by atoms with Crippen molar-refractivity contribution in [2.45, 2.75) is 32.7 Å². The maximum absolute atomic E-state index is 12.6. The first-order valence-corrected chi connectivity index (χ1v) is 10.2. The van der Waals surface area contributed by atoms with Gasteiger partial charge in [0.2, 0.25) is 0 Å². The topological polar surface area (TPSA) is 54.0 Å². The van der Waals surface area contributed by atoms with Gasteiger partial charge in [-0.1, -0.05) is 29.9 Å². The van der Waals surface area contributed by atoms with Crippen LogP contribution < -0.4 is 10.6 Å². The highest BCUT2D eigenvalue weighted by Crippen LogP contribution is 2.27. The van der Waals surface area contributed by atoms with Crippen molar-refractivity contribution in [3.8, 4) is 0 Å². The van der Waals surface area contributed by atoms with E-state index >= 15 is 0 Å². The second-order valence-electron chi connectivity index (χ2n) is 6.32. The predicted octanol–water partition coefficient (Wildman–Crippen LogP) is 5.34. The molecule has 1 aliphatic carbocycles. The summed E-state index contributed by atoms with van der Waals surface area (Å²) in [5, 5.41) is 7.26. The SMILES string of the molecule is Cc1c(Cl)cccc1NC(=S)C1=C(NCc2ccncc2Br)CCCC1=O. The van der Waals surface area contributed by atoms with Gasteiger partial charge in [0.15, 0.2) is 5.78 Å². The summed E-state index contributed by atoms with van der Waals surface area (Å²) in [6.45, 7) is 2.51. The minimum Gasteiger partial charge on any atom is -0.384 e. The smallest absolute Gasteiger partial charge is 0.167 e. The first-order valence-electron chi connectivity index (χ1n) is 8.62. The molecule has 1 aliphatic rings. The zero-order valence-electron chi connectivity index (χ0n) is 14.8. The summed E-state index contributed by atoms with van der Waals surface area (Å²) in [7, 11) is 0. The molecule has 2 aromatic rings. The number of Topliss-reactive ketones (excluding diaryl/α,β-unsaturated/α-hetero) is 1. The van der Waals surface area contributed by atoms with Gasteiger partial charge in [0.1, 0.15) is 4.99 Å². The number of rotatable bonds is 5. The van der Waals surface area contributed by atoms with E-state index < -0.39 is 0 Å². The molecule has 1 heterocycles. The first-order chi connectivity index (χ1) is 13.0. The third-order valence-corrected chi connectivity index (χ3v) is 5.93. The Kier molecular flexibility index (Phi) is 6.63. The Morgan fingerprint density at radius 3 is 2.93 bits per heavy atom. The average Bonchev–Trinajstić information content (AvgIpc) is 2.64. The molecule has 0 spiro atoms. The molecule has 4 nitrogen and oxygen atoms in total. The molecule has 7 heteroatoms. The van der Waals surface area contributed by atoms with Crippen LogP contribution in [0.15, 0.2) is 52.4 Å². The highest BCUT2D eigenvalue weighted by Gasteiger charge is 2.24. The van der Waals surface area contributed by atoms with Gasteiger partial charge >= 0.3 is 0 Å². The lowest BCUT2D eigenvalue weighted by atomic mass is 9.94. The van der Waals surface area contributed by atoms with Gasteiger partial charge in [-0.3, -0.25) is 9.78 Å². The van der Waals surface area contributed by atoms with Crippen LogP contribution in [0.5, 0.6) is 0 Å². The molecule has 1 aromatic carbocycles. The number of nitrogens with one attached hydrogen (secondary N) is 2. The van der Waals surface area contributed by atoms with Gasteiger partial charge in [-0.15, -0.1) is 0 Å². The Labute approximate surface area is 177 Å². The molecule has 0 unspecified atom stereocenters. The van der Waals surface area contributed by atoms with Crippen LogP contribution in [0.2, 0.25) is 5.02 Å². The highest BCUT2D eigenvalue weighted by atomic mass is 79.9. The van der Waals surface area contributed by atoms with Gasteiger partial charge in [0, 0.05) is 46.2 Å². The number of ketones is 1. The molecule has 2 N–H and O–H groups in total. The van der Waals surface area contributed by atoms with Crippen LogP contribution >= 0.6 is 39.7 Å². The van der Waals surface area contributed by atoms with Crippen molar-refractivity contribution in [1.82, 2.24) is 10.3 Å². The molecule has 0 saturated heterocycles. The third kappa shape index (κ3) is 4.75. The number of hydrogen-bond donors (Lipinski definition) is 2. The van der Waals surface area contributed by atoms with Crippen molar-refractivity contribution >= 4 is 56.2 Å². The number of benzene rings is 1. The number of halogens is 2. The number of nitrogens with zero attached hydrogens (tertiary/aromatic N) is 1. The lowest BCUT2D eigenvalue weighted by Gasteiger charge is -2.23. The summed E-state index contributed by atoms with van der Waals surface area (Å²) in [6, 6.07) is 7.53. The van der Waals surface area contributed by atoms with Gasteiger partial charge in [0.25, 0.3) is 0 Å². The van der Waals surface area contributed by atoms with Gasteiger partial charge < -0.3 is 10.6 Å². The average molecular weight is 465 g/mol. The summed E-state index contributed by atoms with van der Waals surface area (Å²) < 4.78 is 0.928. The summed E-state index contributed by atoms with van der Waals surface area (Å²) in [4.78, 5) is 17.1. The predicted molar refractivity (Wildman–Crippen MR) is 117 cm³/mol. The minimum atomic E-state index is 0.0646. The van der Waals surface area contributed by atoms with Gasteiger partial charge in [-0.2, -0.15) is 0 Å². The van der Waals surface area contributed by atoms with Crippen molar-refractivity contribution in [2.24, 2.45) is 0 Å². The molecule has 3 rings (SSSR count). The molecule has 0 saturated carbocycles. The second kappa shape index (κ2) is 8.95. The molecule has 1 aromatic heterocycles. The fourth-order valence-corrected chi connectivity index (χ4v) is 3.87. The zero-order chi connectivity index (χ0) is 19.4. The Bertz CT molecular complexity index is 929. The number of allylic oxidation sites excluding steroid dienone is 1. The molecule has 0 bridgehead atoms. The van der Waals surface area contributed by atoms with Gasteiger partial charge in [-0.05, 0) is 65.0 Å². The van der Waals surface area contributed by atoms with Crippen LogP contribution in [-0.4, -0.2) is 15.8 Å². The van der Waals surface area contributed by atoms with Crippen molar-refractivity contribution in [2.75, 3.05) is 5.32 Å². The van der Waals surface area contributed by atoms with Gasteiger partial charge in [0.05, 0.1) is 5.57 Å². The summed E-state index contributed by atoms with van der Waals surface area (Å²) >= 11 is 15.3. The van der Waals surface area contributed by atoms with E-state index in [0.717, 1.165) is 39.8 Å². The number of hydrogen-bond acceptors (Lipinski definition) is 4. The number of thiocarbonyl (C=S) groups is 1. The number of carbonyl (C=O) groups is 1. The Morgan fingerprint density at radius 2 is 2.15 bits per heavy atom. The number of pyridine rings is 1. The molecule has 0 atom stereocenters. The summed E-state index contributed by atoms with van der Waals surface area (Å²) in [5.74, 6) is 0.0646. The molecular formula is C20H19BrClN3OS. The Balaban J connectivity index is 1.83. The van der Waals surface area contributed by atoms with Crippen molar-refractivity contribution in [3.05, 3.63) is 68.6 Å².